The minimum atomic E-state index is -5.62. The van der Waals surface area contributed by atoms with E-state index in [0.717, 1.165) is 12.1 Å². The molecule has 0 amide bonds. The SMILES string of the molecule is O=[N+]([O-])c1ccc(/C=C\c2cccc(C(F)(F)P(=O)(O)O)c2)cc1. The molecule has 2 aromatic rings. The fourth-order valence-corrected chi connectivity index (χ4v) is 2.37. The van der Waals surface area contributed by atoms with Crippen LogP contribution in [-0.4, -0.2) is 14.7 Å². The van der Waals surface area contributed by atoms with E-state index in [9.17, 15) is 23.5 Å². The highest BCUT2D eigenvalue weighted by Gasteiger charge is 2.50. The zero-order valence-electron chi connectivity index (χ0n) is 12.0. The molecule has 9 heteroatoms. The van der Waals surface area contributed by atoms with Gasteiger partial charge in [-0.05, 0) is 29.3 Å². The van der Waals surface area contributed by atoms with Gasteiger partial charge in [-0.3, -0.25) is 14.7 Å². The van der Waals surface area contributed by atoms with E-state index >= 15 is 0 Å². The van der Waals surface area contributed by atoms with Gasteiger partial charge in [0.15, 0.2) is 0 Å². The van der Waals surface area contributed by atoms with E-state index in [2.05, 4.69) is 0 Å². The van der Waals surface area contributed by atoms with Crippen LogP contribution < -0.4 is 0 Å². The first-order valence-corrected chi connectivity index (χ1v) is 8.19. The Bertz CT molecular complexity index is 830. The molecule has 0 aliphatic rings. The van der Waals surface area contributed by atoms with Gasteiger partial charge in [-0.1, -0.05) is 30.4 Å². The smallest absolute Gasteiger partial charge is 0.320 e. The molecule has 0 saturated heterocycles. The van der Waals surface area contributed by atoms with Gasteiger partial charge in [-0.15, -0.1) is 0 Å². The molecule has 0 saturated carbocycles. The zero-order chi connectivity index (χ0) is 18.0. The lowest BCUT2D eigenvalue weighted by atomic mass is 10.1. The van der Waals surface area contributed by atoms with Crippen molar-refractivity contribution in [2.45, 2.75) is 5.66 Å². The minimum absolute atomic E-state index is 0.0737. The van der Waals surface area contributed by atoms with Crippen molar-refractivity contribution in [2.24, 2.45) is 0 Å². The van der Waals surface area contributed by atoms with Crippen molar-refractivity contribution in [1.29, 1.82) is 0 Å². The molecular formula is C15H12F2NO5P. The molecule has 0 bridgehead atoms. The van der Waals surface area contributed by atoms with E-state index < -0.39 is 23.7 Å². The molecule has 24 heavy (non-hydrogen) atoms. The maximum absolute atomic E-state index is 13.7. The fourth-order valence-electron chi connectivity index (χ4n) is 1.90. The Morgan fingerprint density at radius 2 is 1.62 bits per heavy atom. The number of hydrogen-bond acceptors (Lipinski definition) is 3. The Balaban J connectivity index is 2.26. The quantitative estimate of drug-likeness (QED) is 0.365. The Kier molecular flexibility index (Phi) is 4.94. The van der Waals surface area contributed by atoms with Crippen LogP contribution in [0, 0.1) is 10.1 Å². The Morgan fingerprint density at radius 3 is 2.17 bits per heavy atom. The number of alkyl halides is 2. The van der Waals surface area contributed by atoms with Crippen LogP contribution in [0.3, 0.4) is 0 Å². The number of nitro benzene ring substituents is 1. The third-order valence-electron chi connectivity index (χ3n) is 3.17. The van der Waals surface area contributed by atoms with Gasteiger partial charge in [0.25, 0.3) is 5.69 Å². The number of nitro groups is 1. The molecule has 126 valence electrons. The summed E-state index contributed by atoms with van der Waals surface area (Å²) >= 11 is 0. The monoisotopic (exact) mass is 355 g/mol. The van der Waals surface area contributed by atoms with E-state index in [1.54, 1.807) is 6.08 Å². The number of benzene rings is 2. The normalized spacial score (nSPS) is 12.5. The highest BCUT2D eigenvalue weighted by atomic mass is 31.2. The van der Waals surface area contributed by atoms with Crippen molar-refractivity contribution < 1.29 is 28.1 Å². The molecule has 0 aliphatic carbocycles. The van der Waals surface area contributed by atoms with Crippen molar-refractivity contribution in [3.05, 3.63) is 75.3 Å². The summed E-state index contributed by atoms with van der Waals surface area (Å²) in [6.07, 6.45) is 3.00. The van der Waals surface area contributed by atoms with E-state index in [-0.39, 0.29) is 5.69 Å². The molecule has 0 unspecified atom stereocenters. The molecule has 0 radical (unpaired) electrons. The summed E-state index contributed by atoms with van der Waals surface area (Å²) in [5, 5.41) is 10.6. The molecule has 0 heterocycles. The summed E-state index contributed by atoms with van der Waals surface area (Å²) in [6.45, 7) is 0. The fraction of sp³-hybridized carbons (Fsp3) is 0.0667. The predicted molar refractivity (Wildman–Crippen MR) is 84.4 cm³/mol. The van der Waals surface area contributed by atoms with Crippen LogP contribution in [0.1, 0.15) is 16.7 Å². The van der Waals surface area contributed by atoms with Gasteiger partial charge in [0.05, 0.1) is 4.92 Å². The second kappa shape index (κ2) is 6.60. The van der Waals surface area contributed by atoms with E-state index in [1.165, 1.54) is 42.5 Å². The summed E-state index contributed by atoms with van der Waals surface area (Å²) < 4.78 is 38.3. The Morgan fingerprint density at radius 1 is 1.04 bits per heavy atom. The van der Waals surface area contributed by atoms with Crippen LogP contribution >= 0.6 is 7.60 Å². The Hall–Kier alpha value is -2.41. The minimum Gasteiger partial charge on any atom is -0.320 e. The molecule has 0 aromatic heterocycles. The molecular weight excluding hydrogens is 343 g/mol. The first-order chi connectivity index (χ1) is 11.1. The second-order valence-corrected chi connectivity index (χ2v) is 6.54. The van der Waals surface area contributed by atoms with Gasteiger partial charge in [0, 0.05) is 17.7 Å². The molecule has 0 fully saturated rings. The summed E-state index contributed by atoms with van der Waals surface area (Å²) in [7, 11) is -5.62. The van der Waals surface area contributed by atoms with E-state index in [0.29, 0.717) is 11.1 Å². The second-order valence-electron chi connectivity index (χ2n) is 4.89. The van der Waals surface area contributed by atoms with Crippen LogP contribution in [0.15, 0.2) is 48.5 Å². The molecule has 6 nitrogen and oxygen atoms in total. The van der Waals surface area contributed by atoms with Crippen molar-refractivity contribution in [2.75, 3.05) is 0 Å². The van der Waals surface area contributed by atoms with Crippen LogP contribution in [0.4, 0.5) is 14.5 Å². The zero-order valence-corrected chi connectivity index (χ0v) is 12.9. The van der Waals surface area contributed by atoms with Gasteiger partial charge >= 0.3 is 13.3 Å². The molecule has 2 N–H and O–H groups in total. The van der Waals surface area contributed by atoms with Crippen molar-refractivity contribution in [3.63, 3.8) is 0 Å². The third-order valence-corrected chi connectivity index (χ3v) is 4.16. The van der Waals surface area contributed by atoms with E-state index in [1.807, 2.05) is 0 Å². The van der Waals surface area contributed by atoms with Gasteiger partial charge in [-0.2, -0.15) is 8.78 Å². The van der Waals surface area contributed by atoms with Crippen molar-refractivity contribution in [3.8, 4) is 0 Å². The summed E-state index contributed by atoms with van der Waals surface area (Å²) in [6, 6.07) is 10.2. The van der Waals surface area contributed by atoms with E-state index in [4.69, 9.17) is 9.79 Å². The number of rotatable bonds is 5. The summed E-state index contributed by atoms with van der Waals surface area (Å²) in [5.74, 6) is 0. The molecule has 2 aromatic carbocycles. The highest BCUT2D eigenvalue weighted by Crippen LogP contribution is 2.59. The maximum atomic E-state index is 13.7. The molecule has 0 atom stereocenters. The van der Waals surface area contributed by atoms with Crippen LogP contribution in [0.25, 0.3) is 12.2 Å². The maximum Gasteiger partial charge on any atom is 0.399 e. The predicted octanol–water partition coefficient (Wildman–Crippen LogP) is 3.99. The van der Waals surface area contributed by atoms with Crippen LogP contribution in [-0.2, 0) is 10.2 Å². The first-order valence-electron chi connectivity index (χ1n) is 6.58. The van der Waals surface area contributed by atoms with Crippen molar-refractivity contribution >= 4 is 25.4 Å². The summed E-state index contributed by atoms with van der Waals surface area (Å²) in [5.41, 5.74) is -4.23. The van der Waals surface area contributed by atoms with Gasteiger partial charge in [0.2, 0.25) is 0 Å². The number of hydrogen-bond donors (Lipinski definition) is 2. The Labute approximate surface area is 135 Å². The largest absolute Gasteiger partial charge is 0.399 e. The molecule has 2 rings (SSSR count). The first kappa shape index (κ1) is 17.9. The highest BCUT2D eigenvalue weighted by molar-refractivity contribution is 7.52. The lowest BCUT2D eigenvalue weighted by Gasteiger charge is -2.18. The summed E-state index contributed by atoms with van der Waals surface area (Å²) in [4.78, 5) is 27.5. The number of nitrogens with zero attached hydrogens (tertiary/aromatic N) is 1. The van der Waals surface area contributed by atoms with Gasteiger partial charge in [-0.25, -0.2) is 0 Å². The van der Waals surface area contributed by atoms with Crippen molar-refractivity contribution in [1.82, 2.24) is 0 Å². The van der Waals surface area contributed by atoms with Gasteiger partial charge in [0.1, 0.15) is 0 Å². The third kappa shape index (κ3) is 3.91. The molecule has 0 spiro atoms. The number of non-ortho nitro benzene ring substituents is 1. The standard InChI is InChI=1S/C15H12F2NO5P/c16-15(17,24(21,22)23)13-3-1-2-12(10-13)5-4-11-6-8-14(9-7-11)18(19)20/h1-10H,(H2,21,22,23)/b5-4-. The number of halogens is 2. The topological polar surface area (TPSA) is 101 Å². The lowest BCUT2D eigenvalue weighted by molar-refractivity contribution is -0.384. The molecule has 0 aliphatic heterocycles. The van der Waals surface area contributed by atoms with Gasteiger partial charge < -0.3 is 9.79 Å². The average Bonchev–Trinajstić information content (AvgIpc) is 2.52. The average molecular weight is 355 g/mol. The van der Waals surface area contributed by atoms with Crippen LogP contribution in [0.2, 0.25) is 0 Å². The lowest BCUT2D eigenvalue weighted by Crippen LogP contribution is -2.13. The van der Waals surface area contributed by atoms with Crippen LogP contribution in [0.5, 0.6) is 0 Å².